The number of carbonyl (C=O) groups excluding carboxylic acids is 1. The van der Waals surface area contributed by atoms with E-state index in [0.717, 1.165) is 58.1 Å². The molecule has 0 aliphatic heterocycles. The second-order valence-corrected chi connectivity index (χ2v) is 9.18. The Morgan fingerprint density at radius 3 is 2.42 bits per heavy atom. The molecule has 1 amide bonds. The lowest BCUT2D eigenvalue weighted by molar-refractivity contribution is 0.0950. The van der Waals surface area contributed by atoms with Crippen LogP contribution in [0.4, 0.5) is 0 Å². The molecule has 0 atom stereocenters. The van der Waals surface area contributed by atoms with Gasteiger partial charge < -0.3 is 15.5 Å². The third kappa shape index (κ3) is 5.76. The van der Waals surface area contributed by atoms with E-state index in [0.29, 0.717) is 6.54 Å². The molecule has 0 aliphatic carbocycles. The number of rotatable bonds is 9. The first-order valence-electron chi connectivity index (χ1n) is 12.7. The van der Waals surface area contributed by atoms with Crippen LogP contribution >= 0.6 is 0 Å². The van der Waals surface area contributed by atoms with Crippen LogP contribution in [0.15, 0.2) is 91.0 Å². The molecule has 190 valence electrons. The van der Waals surface area contributed by atoms with E-state index >= 15 is 0 Å². The van der Waals surface area contributed by atoms with Gasteiger partial charge in [0.1, 0.15) is 11.5 Å². The Labute approximate surface area is 221 Å². The van der Waals surface area contributed by atoms with Crippen molar-refractivity contribution >= 4 is 29.0 Å². The minimum atomic E-state index is -0.272. The van der Waals surface area contributed by atoms with Crippen molar-refractivity contribution in [3.63, 3.8) is 0 Å². The van der Waals surface area contributed by atoms with Crippen LogP contribution < -0.4 is 5.32 Å². The number of phenols is 2. The Morgan fingerprint density at radius 2 is 1.63 bits per heavy atom. The van der Waals surface area contributed by atoms with Crippen LogP contribution in [0, 0.1) is 0 Å². The Morgan fingerprint density at radius 1 is 0.868 bits per heavy atom. The molecule has 0 bridgehead atoms. The number of aromatic amines is 1. The van der Waals surface area contributed by atoms with Crippen molar-refractivity contribution in [3.05, 3.63) is 113 Å². The minimum absolute atomic E-state index is 0.0160. The number of para-hydroxylation sites is 1. The molecule has 0 radical (unpaired) electrons. The Bertz CT molecular complexity index is 1570. The number of phenolic OH excluding ortho intramolecular Hbond substituents is 2. The summed E-state index contributed by atoms with van der Waals surface area (Å²) in [6.45, 7) is 0.523. The van der Waals surface area contributed by atoms with Crippen molar-refractivity contribution < 1.29 is 15.0 Å². The molecule has 5 rings (SSSR count). The summed E-state index contributed by atoms with van der Waals surface area (Å²) in [4.78, 5) is 12.3. The Hall–Kier alpha value is -4.84. The summed E-state index contributed by atoms with van der Waals surface area (Å²) in [5, 5.41) is 31.3. The second-order valence-electron chi connectivity index (χ2n) is 9.18. The molecule has 0 saturated carbocycles. The van der Waals surface area contributed by atoms with Crippen molar-refractivity contribution in [1.29, 1.82) is 0 Å². The molecule has 4 aromatic carbocycles. The van der Waals surface area contributed by atoms with Crippen LogP contribution in [0.3, 0.4) is 0 Å². The summed E-state index contributed by atoms with van der Waals surface area (Å²) in [6.07, 6.45) is 6.67. The summed E-state index contributed by atoms with van der Waals surface area (Å²) in [5.74, 6) is -0.0561. The Kier molecular flexibility index (Phi) is 7.50. The highest BCUT2D eigenvalue weighted by molar-refractivity contribution is 5.96. The van der Waals surface area contributed by atoms with Gasteiger partial charge in [0.25, 0.3) is 5.91 Å². The fraction of sp³-hybridized carbons (Fsp3) is 0.125. The minimum Gasteiger partial charge on any atom is -0.508 e. The molecule has 4 N–H and O–H groups in total. The van der Waals surface area contributed by atoms with Crippen LogP contribution in [0.25, 0.3) is 34.2 Å². The van der Waals surface area contributed by atoms with Gasteiger partial charge in [-0.05, 0) is 77.9 Å². The third-order valence-electron chi connectivity index (χ3n) is 6.53. The van der Waals surface area contributed by atoms with Gasteiger partial charge in [-0.1, -0.05) is 66.7 Å². The highest BCUT2D eigenvalue weighted by Gasteiger charge is 2.12. The molecule has 0 spiro atoms. The number of benzene rings is 4. The second kappa shape index (κ2) is 11.5. The van der Waals surface area contributed by atoms with Crippen LogP contribution in [-0.2, 0) is 6.42 Å². The zero-order valence-electron chi connectivity index (χ0n) is 20.9. The van der Waals surface area contributed by atoms with Gasteiger partial charge in [-0.2, -0.15) is 5.10 Å². The van der Waals surface area contributed by atoms with E-state index in [2.05, 4.69) is 51.9 Å². The quantitative estimate of drug-likeness (QED) is 0.135. The molecule has 0 aliphatic rings. The summed E-state index contributed by atoms with van der Waals surface area (Å²) in [7, 11) is 0. The number of H-pyrrole nitrogens is 1. The fourth-order valence-corrected chi connectivity index (χ4v) is 4.49. The maximum atomic E-state index is 12.3. The third-order valence-corrected chi connectivity index (χ3v) is 6.53. The monoisotopic (exact) mass is 503 g/mol. The van der Waals surface area contributed by atoms with Crippen molar-refractivity contribution in [1.82, 2.24) is 15.5 Å². The van der Waals surface area contributed by atoms with E-state index in [1.54, 1.807) is 30.3 Å². The number of carbonyl (C=O) groups is 1. The normalized spacial score (nSPS) is 11.3. The van der Waals surface area contributed by atoms with E-state index in [1.807, 2.05) is 30.3 Å². The number of amides is 1. The molecule has 0 fully saturated rings. The molecular weight excluding hydrogens is 474 g/mol. The average Bonchev–Trinajstić information content (AvgIpc) is 3.34. The van der Waals surface area contributed by atoms with Gasteiger partial charge in [-0.3, -0.25) is 9.89 Å². The lowest BCUT2D eigenvalue weighted by atomic mass is 9.96. The van der Waals surface area contributed by atoms with Crippen LogP contribution in [0.1, 0.15) is 40.0 Å². The topological polar surface area (TPSA) is 98.2 Å². The number of hydrogen-bond acceptors (Lipinski definition) is 4. The maximum Gasteiger partial charge on any atom is 0.255 e. The first-order chi connectivity index (χ1) is 18.6. The van der Waals surface area contributed by atoms with Crippen molar-refractivity contribution in [2.75, 3.05) is 6.54 Å². The molecule has 5 aromatic rings. The molecule has 0 saturated heterocycles. The summed E-state index contributed by atoms with van der Waals surface area (Å²) < 4.78 is 0. The number of hydrogen-bond donors (Lipinski definition) is 4. The first-order valence-corrected chi connectivity index (χ1v) is 12.7. The van der Waals surface area contributed by atoms with Crippen LogP contribution in [0.2, 0.25) is 0 Å². The molecule has 1 heterocycles. The highest BCUT2D eigenvalue weighted by atomic mass is 16.3. The average molecular weight is 504 g/mol. The largest absolute Gasteiger partial charge is 0.508 e. The number of nitrogens with one attached hydrogen (secondary N) is 2. The number of nitrogens with zero attached hydrogens (tertiary/aromatic N) is 1. The predicted octanol–water partition coefficient (Wildman–Crippen LogP) is 6.56. The molecule has 38 heavy (non-hydrogen) atoms. The van der Waals surface area contributed by atoms with Gasteiger partial charge in [-0.25, -0.2) is 0 Å². The van der Waals surface area contributed by atoms with E-state index in [-0.39, 0.29) is 23.0 Å². The number of aromatic hydroxyl groups is 2. The molecule has 6 heteroatoms. The van der Waals surface area contributed by atoms with E-state index in [1.165, 1.54) is 6.07 Å². The van der Waals surface area contributed by atoms with E-state index in [9.17, 15) is 15.0 Å². The number of fused-ring (bicyclic) bond motifs is 1. The van der Waals surface area contributed by atoms with Crippen molar-refractivity contribution in [3.8, 4) is 22.6 Å². The summed E-state index contributed by atoms with van der Waals surface area (Å²) in [6, 6.07) is 28.2. The van der Waals surface area contributed by atoms with Gasteiger partial charge in [0.05, 0.1) is 11.1 Å². The van der Waals surface area contributed by atoms with Gasteiger partial charge >= 0.3 is 0 Å². The molecule has 0 unspecified atom stereocenters. The van der Waals surface area contributed by atoms with Gasteiger partial charge in [0.2, 0.25) is 0 Å². The van der Waals surface area contributed by atoms with Crippen LogP contribution in [-0.4, -0.2) is 32.9 Å². The van der Waals surface area contributed by atoms with Gasteiger partial charge in [-0.15, -0.1) is 0 Å². The summed E-state index contributed by atoms with van der Waals surface area (Å²) in [5.41, 5.74) is 6.43. The summed E-state index contributed by atoms with van der Waals surface area (Å²) >= 11 is 0. The molecule has 1 aromatic heterocycles. The lowest BCUT2D eigenvalue weighted by Crippen LogP contribution is -2.24. The highest BCUT2D eigenvalue weighted by Crippen LogP contribution is 2.32. The first kappa shape index (κ1) is 24.8. The predicted molar refractivity (Wildman–Crippen MR) is 152 cm³/mol. The van der Waals surface area contributed by atoms with Gasteiger partial charge in [0, 0.05) is 17.6 Å². The standard InChI is InChI=1S/C32H29N3O3/c36-25-17-15-23(16-18-25)27-21-30-28(20-24(27)14-13-22-8-2-1-3-9-22)29(34-35-30)11-6-7-19-33-32(38)26-10-4-5-12-31(26)37/h1-5,8-10,12-18,20-21,36-37H,6-7,11,19H2,(H,33,38)(H,34,35). The maximum absolute atomic E-state index is 12.3. The zero-order valence-corrected chi connectivity index (χ0v) is 20.9. The Balaban J connectivity index is 1.32. The molecular formula is C32H29N3O3. The fourth-order valence-electron chi connectivity index (χ4n) is 4.49. The SMILES string of the molecule is O=C(NCCCCc1[nH]nc2cc(-c3ccc(O)cc3)c(C=Cc3ccccc3)cc12)c1ccccc1O. The molecule has 6 nitrogen and oxygen atoms in total. The lowest BCUT2D eigenvalue weighted by Gasteiger charge is -2.09. The smallest absolute Gasteiger partial charge is 0.255 e. The number of aryl methyl sites for hydroxylation is 1. The van der Waals surface area contributed by atoms with Crippen LogP contribution in [0.5, 0.6) is 11.5 Å². The number of unbranched alkanes of at least 4 members (excludes halogenated alkanes) is 1. The van der Waals surface area contributed by atoms with E-state index < -0.39 is 0 Å². The van der Waals surface area contributed by atoms with Crippen molar-refractivity contribution in [2.45, 2.75) is 19.3 Å². The number of aromatic nitrogens is 2. The van der Waals surface area contributed by atoms with Crippen molar-refractivity contribution in [2.24, 2.45) is 0 Å². The zero-order chi connectivity index (χ0) is 26.3. The van der Waals surface area contributed by atoms with E-state index in [4.69, 9.17) is 0 Å². The van der Waals surface area contributed by atoms with Gasteiger partial charge in [0.15, 0.2) is 0 Å².